The monoisotopic (exact) mass is 449 g/mol. The molecule has 3 rings (SSSR count). The van der Waals surface area contributed by atoms with Crippen LogP contribution in [0.15, 0.2) is 78.9 Å². The van der Waals surface area contributed by atoms with E-state index in [4.69, 9.17) is 14.6 Å². The molecule has 6 heteroatoms. The van der Waals surface area contributed by atoms with Gasteiger partial charge in [-0.2, -0.15) is 0 Å². The number of unbranched alkanes of at least 4 members (excludes halogenated alkanes) is 1. The zero-order valence-electron chi connectivity index (χ0n) is 18.7. The van der Waals surface area contributed by atoms with E-state index >= 15 is 0 Å². The minimum atomic E-state index is -0.403. The first-order chi connectivity index (χ1) is 16.2. The van der Waals surface area contributed by atoms with Gasteiger partial charge in [0.05, 0.1) is 18.2 Å². The first kappa shape index (κ1) is 24.3. The van der Waals surface area contributed by atoms with Gasteiger partial charge in [-0.05, 0) is 42.5 Å². The van der Waals surface area contributed by atoms with Crippen LogP contribution in [-0.4, -0.2) is 35.4 Å². The molecule has 1 atom stereocenters. The summed E-state index contributed by atoms with van der Waals surface area (Å²) in [6.07, 6.45) is 1.91. The number of aliphatic hydroxyl groups excluding tert-OH is 2. The summed E-state index contributed by atoms with van der Waals surface area (Å²) >= 11 is 0. The maximum Gasteiger partial charge on any atom is 0.255 e. The third-order valence-corrected chi connectivity index (χ3v) is 5.20. The van der Waals surface area contributed by atoms with Crippen molar-refractivity contribution >= 4 is 5.91 Å². The van der Waals surface area contributed by atoms with Crippen molar-refractivity contribution in [1.82, 2.24) is 5.32 Å². The molecule has 3 N–H and O–H groups in total. The van der Waals surface area contributed by atoms with E-state index in [1.807, 2.05) is 60.7 Å². The van der Waals surface area contributed by atoms with Crippen molar-refractivity contribution in [3.63, 3.8) is 0 Å². The molecular formula is C27H31NO5. The highest BCUT2D eigenvalue weighted by atomic mass is 16.5. The molecule has 33 heavy (non-hydrogen) atoms. The van der Waals surface area contributed by atoms with Gasteiger partial charge in [0, 0.05) is 6.61 Å². The van der Waals surface area contributed by atoms with Gasteiger partial charge in [0.15, 0.2) is 11.5 Å². The summed E-state index contributed by atoms with van der Waals surface area (Å²) in [6.45, 7) is 0.534. The van der Waals surface area contributed by atoms with Crippen LogP contribution in [0.3, 0.4) is 0 Å². The molecule has 0 aromatic heterocycles. The number of aliphatic hydroxyl groups is 2. The normalized spacial score (nSPS) is 11.6. The second-order valence-corrected chi connectivity index (χ2v) is 7.75. The molecule has 0 aliphatic heterocycles. The fourth-order valence-electron chi connectivity index (χ4n) is 3.40. The molecule has 0 saturated heterocycles. The van der Waals surface area contributed by atoms with Crippen LogP contribution >= 0.6 is 0 Å². The summed E-state index contributed by atoms with van der Waals surface area (Å²) in [5.41, 5.74) is 2.32. The molecule has 0 unspecified atom stereocenters. The van der Waals surface area contributed by atoms with Crippen LogP contribution in [0.4, 0.5) is 0 Å². The van der Waals surface area contributed by atoms with Crippen molar-refractivity contribution in [2.45, 2.75) is 38.5 Å². The Labute approximate surface area is 194 Å². The number of carbonyl (C=O) groups excluding carboxylic acids is 1. The van der Waals surface area contributed by atoms with E-state index in [0.29, 0.717) is 42.9 Å². The Bertz CT molecular complexity index is 978. The van der Waals surface area contributed by atoms with Gasteiger partial charge >= 0.3 is 0 Å². The van der Waals surface area contributed by atoms with Crippen molar-refractivity contribution in [2.75, 3.05) is 13.2 Å². The molecule has 3 aromatic carbocycles. The van der Waals surface area contributed by atoms with Crippen molar-refractivity contribution in [1.29, 1.82) is 0 Å². The molecule has 0 saturated carbocycles. The number of nitrogens with one attached hydrogen (secondary N) is 1. The molecule has 0 radical (unpaired) electrons. The largest absolute Gasteiger partial charge is 0.485 e. The number of carbonyl (C=O) groups is 1. The molecule has 0 spiro atoms. The van der Waals surface area contributed by atoms with E-state index in [1.54, 1.807) is 18.2 Å². The maximum atomic E-state index is 13.1. The second-order valence-electron chi connectivity index (χ2n) is 7.75. The van der Waals surface area contributed by atoms with E-state index in [0.717, 1.165) is 11.1 Å². The molecule has 6 nitrogen and oxygen atoms in total. The minimum Gasteiger partial charge on any atom is -0.485 e. The van der Waals surface area contributed by atoms with E-state index in [-0.39, 0.29) is 25.7 Å². The molecule has 0 bridgehead atoms. The van der Waals surface area contributed by atoms with Crippen LogP contribution in [0.2, 0.25) is 0 Å². The third kappa shape index (κ3) is 7.63. The number of hydrogen-bond donors (Lipinski definition) is 3. The lowest BCUT2D eigenvalue weighted by Crippen LogP contribution is -2.37. The number of ether oxygens (including phenoxy) is 2. The van der Waals surface area contributed by atoms with Crippen molar-refractivity contribution in [2.24, 2.45) is 0 Å². The van der Waals surface area contributed by atoms with Gasteiger partial charge in [0.2, 0.25) is 0 Å². The molecule has 0 fully saturated rings. The maximum absolute atomic E-state index is 13.1. The van der Waals surface area contributed by atoms with Gasteiger partial charge in [-0.1, -0.05) is 66.7 Å². The Morgan fingerprint density at radius 2 is 1.42 bits per heavy atom. The predicted octanol–water partition coefficient (Wildman–Crippen LogP) is 4.10. The van der Waals surface area contributed by atoms with Crippen molar-refractivity contribution in [3.8, 4) is 11.5 Å². The highest BCUT2D eigenvalue weighted by Gasteiger charge is 2.20. The van der Waals surface area contributed by atoms with Crippen LogP contribution in [-0.2, 0) is 13.2 Å². The van der Waals surface area contributed by atoms with Crippen LogP contribution < -0.4 is 14.8 Å². The smallest absolute Gasteiger partial charge is 0.255 e. The van der Waals surface area contributed by atoms with E-state index in [1.165, 1.54) is 0 Å². The number of rotatable bonds is 13. The first-order valence-electron chi connectivity index (χ1n) is 11.2. The van der Waals surface area contributed by atoms with E-state index < -0.39 is 6.04 Å². The fraction of sp³-hybridized carbons (Fsp3) is 0.296. The Balaban J connectivity index is 1.80. The summed E-state index contributed by atoms with van der Waals surface area (Å²) in [4.78, 5) is 13.1. The van der Waals surface area contributed by atoms with Gasteiger partial charge in [-0.25, -0.2) is 0 Å². The lowest BCUT2D eigenvalue weighted by Gasteiger charge is -2.19. The van der Waals surface area contributed by atoms with E-state index in [2.05, 4.69) is 5.32 Å². The summed E-state index contributed by atoms with van der Waals surface area (Å²) in [6, 6.07) is 24.3. The Morgan fingerprint density at radius 3 is 2.03 bits per heavy atom. The standard InChI is InChI=1S/C27H31NO5/c29-17-8-7-14-23(18-30)28-27(31)24-15-9-16-25(32-19-21-10-3-1-4-11-21)26(24)33-20-22-12-5-2-6-13-22/h1-6,9-13,15-16,23,29-30H,7-8,14,17-20H2,(H,28,31)/t23-/m0/s1. The van der Waals surface area contributed by atoms with Crippen molar-refractivity contribution in [3.05, 3.63) is 95.6 Å². The Kier molecular flexibility index (Phi) is 9.76. The lowest BCUT2D eigenvalue weighted by molar-refractivity contribution is 0.0906. The third-order valence-electron chi connectivity index (χ3n) is 5.20. The van der Waals surface area contributed by atoms with Crippen LogP contribution in [0.1, 0.15) is 40.7 Å². The van der Waals surface area contributed by atoms with Crippen LogP contribution in [0.5, 0.6) is 11.5 Å². The number of amides is 1. The number of hydrogen-bond acceptors (Lipinski definition) is 5. The predicted molar refractivity (Wildman–Crippen MR) is 127 cm³/mol. The average molecular weight is 450 g/mol. The molecule has 1 amide bonds. The summed E-state index contributed by atoms with van der Waals surface area (Å²) in [7, 11) is 0. The van der Waals surface area contributed by atoms with Crippen LogP contribution in [0, 0.1) is 0 Å². The SMILES string of the molecule is O=C(N[C@H](CO)CCCCO)c1cccc(OCc2ccccc2)c1OCc1ccccc1. The Hall–Kier alpha value is -3.35. The number of benzene rings is 3. The summed E-state index contributed by atoms with van der Waals surface area (Å²) < 4.78 is 12.1. The van der Waals surface area contributed by atoms with Gasteiger partial charge < -0.3 is 25.0 Å². The van der Waals surface area contributed by atoms with Crippen LogP contribution in [0.25, 0.3) is 0 Å². The summed E-state index contributed by atoms with van der Waals surface area (Å²) in [5, 5.41) is 21.5. The Morgan fingerprint density at radius 1 is 0.788 bits per heavy atom. The minimum absolute atomic E-state index is 0.0877. The molecule has 174 valence electrons. The highest BCUT2D eigenvalue weighted by Crippen LogP contribution is 2.33. The van der Waals surface area contributed by atoms with Gasteiger partial charge in [-0.15, -0.1) is 0 Å². The fourth-order valence-corrected chi connectivity index (χ4v) is 3.40. The van der Waals surface area contributed by atoms with Gasteiger partial charge in [0.1, 0.15) is 13.2 Å². The lowest BCUT2D eigenvalue weighted by atomic mass is 10.1. The zero-order valence-corrected chi connectivity index (χ0v) is 18.7. The molecule has 0 heterocycles. The molecule has 0 aliphatic carbocycles. The number of para-hydroxylation sites is 1. The molecule has 0 aliphatic rings. The topological polar surface area (TPSA) is 88.0 Å². The van der Waals surface area contributed by atoms with Gasteiger partial charge in [-0.3, -0.25) is 4.79 Å². The summed E-state index contributed by atoms with van der Waals surface area (Å²) in [5.74, 6) is 0.497. The second kappa shape index (κ2) is 13.3. The van der Waals surface area contributed by atoms with E-state index in [9.17, 15) is 9.90 Å². The highest BCUT2D eigenvalue weighted by molar-refractivity contribution is 5.98. The average Bonchev–Trinajstić information content (AvgIpc) is 2.87. The first-order valence-corrected chi connectivity index (χ1v) is 11.2. The quantitative estimate of drug-likeness (QED) is 0.342. The van der Waals surface area contributed by atoms with Crippen molar-refractivity contribution < 1.29 is 24.5 Å². The molecular weight excluding hydrogens is 418 g/mol. The zero-order chi connectivity index (χ0) is 23.3. The van der Waals surface area contributed by atoms with Gasteiger partial charge in [0.25, 0.3) is 5.91 Å². The molecule has 3 aromatic rings.